The quantitative estimate of drug-likeness (QED) is 0.599. The Balaban J connectivity index is 1.70. The van der Waals surface area contributed by atoms with Crippen LogP contribution in [0.15, 0.2) is 47.5 Å². The molecule has 0 spiro atoms. The third-order valence-corrected chi connectivity index (χ3v) is 4.13. The van der Waals surface area contributed by atoms with Gasteiger partial charge in [0.05, 0.1) is 27.9 Å². The van der Waals surface area contributed by atoms with E-state index in [-0.39, 0.29) is 24.6 Å². The fraction of sp³-hybridized carbons (Fsp3) is 0.263. The molecule has 0 unspecified atom stereocenters. The molecule has 3 aromatic rings. The van der Waals surface area contributed by atoms with E-state index in [1.165, 1.54) is 32.1 Å². The molecule has 0 aliphatic rings. The number of hydrogen-bond donors (Lipinski definition) is 1. The van der Waals surface area contributed by atoms with Crippen molar-refractivity contribution >= 4 is 5.91 Å². The van der Waals surface area contributed by atoms with Crippen LogP contribution in [0.1, 0.15) is 10.4 Å². The van der Waals surface area contributed by atoms with Crippen molar-refractivity contribution in [3.63, 3.8) is 0 Å². The van der Waals surface area contributed by atoms with Gasteiger partial charge in [-0.05, 0) is 24.3 Å². The molecule has 29 heavy (non-hydrogen) atoms. The summed E-state index contributed by atoms with van der Waals surface area (Å²) in [7, 11) is 4.44. The van der Waals surface area contributed by atoms with Gasteiger partial charge in [-0.3, -0.25) is 9.59 Å². The molecule has 0 radical (unpaired) electrons. The molecule has 10 heteroatoms. The van der Waals surface area contributed by atoms with Crippen LogP contribution >= 0.6 is 0 Å². The number of aromatic nitrogens is 4. The van der Waals surface area contributed by atoms with Gasteiger partial charge in [0, 0.05) is 30.6 Å². The molecule has 0 bridgehead atoms. The van der Waals surface area contributed by atoms with Gasteiger partial charge >= 0.3 is 0 Å². The van der Waals surface area contributed by atoms with E-state index >= 15 is 0 Å². The number of methoxy groups -OCH3 is 3. The van der Waals surface area contributed by atoms with Crippen LogP contribution < -0.4 is 25.1 Å². The highest BCUT2D eigenvalue weighted by molar-refractivity contribution is 5.95. The van der Waals surface area contributed by atoms with Gasteiger partial charge in [0.25, 0.3) is 11.5 Å². The first-order chi connectivity index (χ1) is 14.1. The Kier molecular flexibility index (Phi) is 6.12. The first kappa shape index (κ1) is 19.9. The number of amides is 1. The highest BCUT2D eigenvalue weighted by Gasteiger charge is 2.17. The fourth-order valence-electron chi connectivity index (χ4n) is 2.71. The molecule has 0 aliphatic carbocycles. The normalized spacial score (nSPS) is 10.4. The number of nitrogens with one attached hydrogen (secondary N) is 1. The zero-order valence-electron chi connectivity index (χ0n) is 16.3. The molecule has 10 nitrogen and oxygen atoms in total. The average molecular weight is 399 g/mol. The highest BCUT2D eigenvalue weighted by atomic mass is 16.5. The van der Waals surface area contributed by atoms with Crippen LogP contribution in [0.3, 0.4) is 0 Å². The van der Waals surface area contributed by atoms with Gasteiger partial charge in [-0.25, -0.2) is 9.36 Å². The molecule has 2 aromatic heterocycles. The van der Waals surface area contributed by atoms with Crippen molar-refractivity contribution in [1.82, 2.24) is 24.9 Å². The highest BCUT2D eigenvalue weighted by Crippen LogP contribution is 2.38. The van der Waals surface area contributed by atoms with Crippen LogP contribution in [0.5, 0.6) is 17.2 Å². The van der Waals surface area contributed by atoms with Crippen LogP contribution in [0.25, 0.3) is 5.82 Å². The predicted molar refractivity (Wildman–Crippen MR) is 104 cm³/mol. The third-order valence-electron chi connectivity index (χ3n) is 4.13. The number of ether oxygens (including phenoxy) is 3. The topological polar surface area (TPSA) is 110 Å². The van der Waals surface area contributed by atoms with E-state index in [0.29, 0.717) is 28.6 Å². The molecule has 0 fully saturated rings. The minimum atomic E-state index is -0.347. The summed E-state index contributed by atoms with van der Waals surface area (Å²) in [6.07, 6.45) is 3.35. The molecule has 1 amide bonds. The summed E-state index contributed by atoms with van der Waals surface area (Å²) in [6.45, 7) is 0.398. The van der Waals surface area contributed by atoms with Gasteiger partial charge in [0.1, 0.15) is 0 Å². The van der Waals surface area contributed by atoms with Gasteiger partial charge in [0.15, 0.2) is 17.3 Å². The minimum Gasteiger partial charge on any atom is -0.493 e. The van der Waals surface area contributed by atoms with Crippen LogP contribution in [-0.4, -0.2) is 53.3 Å². The molecule has 2 heterocycles. The lowest BCUT2D eigenvalue weighted by molar-refractivity contribution is 0.0951. The second-order valence-corrected chi connectivity index (χ2v) is 5.87. The predicted octanol–water partition coefficient (Wildman–Crippen LogP) is 0.885. The van der Waals surface area contributed by atoms with Crippen LogP contribution in [0.2, 0.25) is 0 Å². The zero-order chi connectivity index (χ0) is 20.8. The van der Waals surface area contributed by atoms with E-state index in [9.17, 15) is 9.59 Å². The van der Waals surface area contributed by atoms with Crippen LogP contribution in [-0.2, 0) is 6.54 Å². The number of hydrogen-bond acceptors (Lipinski definition) is 7. The van der Waals surface area contributed by atoms with E-state index < -0.39 is 0 Å². The van der Waals surface area contributed by atoms with Crippen LogP contribution in [0.4, 0.5) is 0 Å². The zero-order valence-corrected chi connectivity index (χ0v) is 16.3. The van der Waals surface area contributed by atoms with Gasteiger partial charge in [-0.15, -0.1) is 5.10 Å². The first-order valence-corrected chi connectivity index (χ1v) is 8.73. The molecule has 0 saturated heterocycles. The maximum absolute atomic E-state index is 12.5. The molecule has 0 atom stereocenters. The number of carbonyl (C=O) groups is 1. The Morgan fingerprint density at radius 3 is 2.41 bits per heavy atom. The number of nitrogens with zero attached hydrogens (tertiary/aromatic N) is 4. The molecule has 152 valence electrons. The van der Waals surface area contributed by atoms with Crippen molar-refractivity contribution in [2.24, 2.45) is 0 Å². The van der Waals surface area contributed by atoms with Crippen molar-refractivity contribution in [2.75, 3.05) is 27.9 Å². The second-order valence-electron chi connectivity index (χ2n) is 5.87. The summed E-state index contributed by atoms with van der Waals surface area (Å²) in [5, 5.41) is 11.1. The molecular formula is C19H21N5O5. The smallest absolute Gasteiger partial charge is 0.266 e. The van der Waals surface area contributed by atoms with Crippen molar-refractivity contribution in [1.29, 1.82) is 0 Å². The van der Waals surface area contributed by atoms with E-state index in [0.717, 1.165) is 0 Å². The number of carbonyl (C=O) groups excluding carboxylic acids is 1. The Hall–Kier alpha value is -3.82. The monoisotopic (exact) mass is 399 g/mol. The summed E-state index contributed by atoms with van der Waals surface area (Å²) in [5.41, 5.74) is 0.0630. The number of rotatable bonds is 8. The Morgan fingerprint density at radius 2 is 1.83 bits per heavy atom. The molecule has 3 rings (SSSR count). The lowest BCUT2D eigenvalue weighted by Crippen LogP contribution is -2.32. The number of benzene rings is 1. The van der Waals surface area contributed by atoms with Crippen molar-refractivity contribution < 1.29 is 19.0 Å². The van der Waals surface area contributed by atoms with Gasteiger partial charge in [-0.1, -0.05) is 0 Å². The maximum Gasteiger partial charge on any atom is 0.266 e. The maximum atomic E-state index is 12.5. The average Bonchev–Trinajstić information content (AvgIpc) is 3.28. The Bertz CT molecular complexity index is 1020. The summed E-state index contributed by atoms with van der Waals surface area (Å²) < 4.78 is 18.6. The minimum absolute atomic E-state index is 0.199. The molecule has 0 saturated carbocycles. The molecule has 1 N–H and O–H groups in total. The molecular weight excluding hydrogens is 378 g/mol. The third kappa shape index (κ3) is 4.37. The van der Waals surface area contributed by atoms with E-state index in [2.05, 4.69) is 15.5 Å². The fourth-order valence-corrected chi connectivity index (χ4v) is 2.71. The molecule has 1 aromatic carbocycles. The first-order valence-electron chi connectivity index (χ1n) is 8.73. The summed E-state index contributed by atoms with van der Waals surface area (Å²) >= 11 is 0. The largest absolute Gasteiger partial charge is 0.493 e. The van der Waals surface area contributed by atoms with Gasteiger partial charge in [-0.2, -0.15) is 5.10 Å². The summed E-state index contributed by atoms with van der Waals surface area (Å²) in [5.74, 6) is 1.31. The second kappa shape index (κ2) is 8.91. The van der Waals surface area contributed by atoms with E-state index in [4.69, 9.17) is 14.2 Å². The van der Waals surface area contributed by atoms with Gasteiger partial charge < -0.3 is 19.5 Å². The van der Waals surface area contributed by atoms with Crippen molar-refractivity contribution in [3.05, 3.63) is 58.6 Å². The molecule has 0 aliphatic heterocycles. The van der Waals surface area contributed by atoms with E-state index in [1.54, 1.807) is 41.3 Å². The lowest BCUT2D eigenvalue weighted by atomic mass is 10.1. The van der Waals surface area contributed by atoms with Gasteiger partial charge in [0.2, 0.25) is 5.75 Å². The summed E-state index contributed by atoms with van der Waals surface area (Å²) in [6, 6.07) is 7.86. The SMILES string of the molecule is COc1cc(C(=O)NCCn2nc(-n3cccn3)ccc2=O)cc(OC)c1OC. The van der Waals surface area contributed by atoms with Crippen LogP contribution in [0, 0.1) is 0 Å². The Labute approximate surface area is 166 Å². The lowest BCUT2D eigenvalue weighted by Gasteiger charge is -2.14. The van der Waals surface area contributed by atoms with E-state index in [1.807, 2.05) is 0 Å². The Morgan fingerprint density at radius 1 is 1.10 bits per heavy atom. The summed E-state index contributed by atoms with van der Waals surface area (Å²) in [4.78, 5) is 24.6. The van der Waals surface area contributed by atoms with Crippen molar-refractivity contribution in [3.8, 4) is 23.1 Å². The standard InChI is InChI=1S/C19H21N5O5/c1-27-14-11-13(12-15(28-2)18(14)29-3)19(26)20-8-10-24-17(25)6-5-16(22-24)23-9-4-7-21-23/h4-7,9,11-12H,8,10H2,1-3H3,(H,20,26). The van der Waals surface area contributed by atoms with Crippen molar-refractivity contribution in [2.45, 2.75) is 6.54 Å².